The third kappa shape index (κ3) is 2.59. The van der Waals surface area contributed by atoms with Gasteiger partial charge >= 0.3 is 6.09 Å². The van der Waals surface area contributed by atoms with Crippen molar-refractivity contribution < 1.29 is 9.90 Å². The normalized spacial score (nSPS) is 10.7. The molecule has 1 aromatic carbocycles. The summed E-state index contributed by atoms with van der Waals surface area (Å²) < 4.78 is 1.61. The van der Waals surface area contributed by atoms with Crippen LogP contribution in [0.1, 0.15) is 0 Å². The molecule has 2 heterocycles. The average Bonchev–Trinajstić information content (AvgIpc) is 2.83. The van der Waals surface area contributed by atoms with Crippen molar-refractivity contribution in [1.82, 2.24) is 14.4 Å². The Kier molecular flexibility index (Phi) is 3.11. The first-order chi connectivity index (χ1) is 10.0. The number of benzene rings is 1. The SMILES string of the molecule is Nc1ccc(Cl)c(-c2cn3cc(NC(=O)O)cnc3n2)c1. The molecule has 0 aliphatic carbocycles. The predicted octanol–water partition coefficient (Wildman–Crippen LogP) is 2.72. The highest BCUT2D eigenvalue weighted by atomic mass is 35.5. The first-order valence-corrected chi connectivity index (χ1v) is 6.31. The van der Waals surface area contributed by atoms with Gasteiger partial charge in [-0.1, -0.05) is 11.6 Å². The zero-order chi connectivity index (χ0) is 15.0. The lowest BCUT2D eigenvalue weighted by Gasteiger charge is -2.01. The van der Waals surface area contributed by atoms with Gasteiger partial charge in [0.2, 0.25) is 5.78 Å². The van der Waals surface area contributed by atoms with Gasteiger partial charge in [0.1, 0.15) is 0 Å². The first-order valence-electron chi connectivity index (χ1n) is 5.93. The zero-order valence-corrected chi connectivity index (χ0v) is 11.4. The Morgan fingerprint density at radius 2 is 2.19 bits per heavy atom. The van der Waals surface area contributed by atoms with E-state index in [1.807, 2.05) is 0 Å². The second-order valence-corrected chi connectivity index (χ2v) is 4.75. The van der Waals surface area contributed by atoms with Crippen molar-refractivity contribution in [3.63, 3.8) is 0 Å². The maximum Gasteiger partial charge on any atom is 0.409 e. The quantitative estimate of drug-likeness (QED) is 0.631. The summed E-state index contributed by atoms with van der Waals surface area (Å²) in [6.07, 6.45) is 3.51. The first kappa shape index (κ1) is 13.2. The molecule has 1 amide bonds. The van der Waals surface area contributed by atoms with Crippen molar-refractivity contribution in [3.8, 4) is 11.3 Å². The molecule has 106 valence electrons. The van der Waals surface area contributed by atoms with Crippen molar-refractivity contribution in [1.29, 1.82) is 0 Å². The standard InChI is InChI=1S/C13H10ClN5O2/c14-10-2-1-7(15)3-9(10)11-6-19-5-8(17-13(20)21)4-16-12(19)18-11/h1-6,17H,15H2,(H,20,21). The largest absolute Gasteiger partial charge is 0.465 e. The molecular formula is C13H10ClN5O2. The fraction of sp³-hybridized carbons (Fsp3) is 0. The Morgan fingerprint density at radius 3 is 2.95 bits per heavy atom. The summed E-state index contributed by atoms with van der Waals surface area (Å²) in [6.45, 7) is 0. The molecule has 0 radical (unpaired) electrons. The van der Waals surface area contributed by atoms with Crippen LogP contribution in [0.5, 0.6) is 0 Å². The fourth-order valence-electron chi connectivity index (χ4n) is 1.94. The maximum atomic E-state index is 10.6. The van der Waals surface area contributed by atoms with Crippen LogP contribution in [0.15, 0.2) is 36.8 Å². The molecule has 3 aromatic rings. The van der Waals surface area contributed by atoms with Crippen LogP contribution in [0.25, 0.3) is 17.0 Å². The Labute approximate surface area is 124 Å². The highest BCUT2D eigenvalue weighted by molar-refractivity contribution is 6.33. The van der Waals surface area contributed by atoms with Crippen LogP contribution >= 0.6 is 11.6 Å². The molecule has 0 atom stereocenters. The molecule has 4 N–H and O–H groups in total. The number of aromatic nitrogens is 3. The molecule has 0 aliphatic rings. The highest BCUT2D eigenvalue weighted by Crippen LogP contribution is 2.29. The van der Waals surface area contributed by atoms with E-state index in [-0.39, 0.29) is 0 Å². The summed E-state index contributed by atoms with van der Waals surface area (Å²) in [6, 6.07) is 5.12. The number of fused-ring (bicyclic) bond motifs is 1. The van der Waals surface area contributed by atoms with Gasteiger partial charge in [0, 0.05) is 23.6 Å². The van der Waals surface area contributed by atoms with E-state index < -0.39 is 6.09 Å². The molecule has 21 heavy (non-hydrogen) atoms. The van der Waals surface area contributed by atoms with Crippen LogP contribution in [0.3, 0.4) is 0 Å². The Balaban J connectivity index is 2.08. The molecule has 0 saturated heterocycles. The molecule has 7 nitrogen and oxygen atoms in total. The topological polar surface area (TPSA) is 106 Å². The van der Waals surface area contributed by atoms with Crippen molar-refractivity contribution in [2.45, 2.75) is 0 Å². The van der Waals surface area contributed by atoms with E-state index in [2.05, 4.69) is 15.3 Å². The zero-order valence-electron chi connectivity index (χ0n) is 10.6. The van der Waals surface area contributed by atoms with E-state index in [0.29, 0.717) is 33.4 Å². The number of rotatable bonds is 2. The number of nitrogens with two attached hydrogens (primary N) is 1. The number of amides is 1. The number of imidazole rings is 1. The number of carbonyl (C=O) groups is 1. The van der Waals surface area contributed by atoms with Gasteiger partial charge in [-0.15, -0.1) is 0 Å². The molecule has 0 fully saturated rings. The molecule has 0 spiro atoms. The Morgan fingerprint density at radius 1 is 1.38 bits per heavy atom. The van der Waals surface area contributed by atoms with Crippen molar-refractivity contribution in [2.75, 3.05) is 11.1 Å². The van der Waals surface area contributed by atoms with Gasteiger partial charge in [0.05, 0.1) is 22.6 Å². The number of nitrogen functional groups attached to an aromatic ring is 1. The maximum absolute atomic E-state index is 10.6. The fourth-order valence-corrected chi connectivity index (χ4v) is 2.16. The Bertz CT molecular complexity index is 846. The van der Waals surface area contributed by atoms with Crippen LogP contribution in [0.4, 0.5) is 16.2 Å². The van der Waals surface area contributed by atoms with Gasteiger partial charge < -0.3 is 10.8 Å². The molecule has 0 unspecified atom stereocenters. The van der Waals surface area contributed by atoms with Crippen LogP contribution in [0, 0.1) is 0 Å². The lowest BCUT2D eigenvalue weighted by atomic mass is 10.1. The van der Waals surface area contributed by atoms with Gasteiger partial charge in [-0.3, -0.25) is 9.72 Å². The summed E-state index contributed by atoms with van der Waals surface area (Å²) in [5.41, 5.74) is 7.97. The second-order valence-electron chi connectivity index (χ2n) is 4.35. The summed E-state index contributed by atoms with van der Waals surface area (Å²) >= 11 is 6.14. The summed E-state index contributed by atoms with van der Waals surface area (Å²) in [4.78, 5) is 19.0. The Hall–Kier alpha value is -2.80. The van der Waals surface area contributed by atoms with Gasteiger partial charge in [-0.2, -0.15) is 0 Å². The van der Waals surface area contributed by atoms with E-state index in [9.17, 15) is 4.79 Å². The minimum atomic E-state index is -1.16. The van der Waals surface area contributed by atoms with E-state index in [4.69, 9.17) is 22.4 Å². The summed E-state index contributed by atoms with van der Waals surface area (Å²) in [5.74, 6) is 0.430. The molecule has 0 saturated carbocycles. The molecular weight excluding hydrogens is 294 g/mol. The summed E-state index contributed by atoms with van der Waals surface area (Å²) in [7, 11) is 0. The van der Waals surface area contributed by atoms with E-state index >= 15 is 0 Å². The number of hydrogen-bond acceptors (Lipinski definition) is 4. The van der Waals surface area contributed by atoms with Crippen LogP contribution in [0.2, 0.25) is 5.02 Å². The number of nitrogens with one attached hydrogen (secondary N) is 1. The van der Waals surface area contributed by atoms with E-state index in [1.54, 1.807) is 35.0 Å². The van der Waals surface area contributed by atoms with Crippen LogP contribution < -0.4 is 11.1 Å². The van der Waals surface area contributed by atoms with Gasteiger partial charge in [-0.05, 0) is 18.2 Å². The number of halogens is 1. The number of hydrogen-bond donors (Lipinski definition) is 3. The monoisotopic (exact) mass is 303 g/mol. The third-order valence-electron chi connectivity index (χ3n) is 2.83. The van der Waals surface area contributed by atoms with Crippen molar-refractivity contribution >= 4 is 34.8 Å². The van der Waals surface area contributed by atoms with E-state index in [0.717, 1.165) is 0 Å². The van der Waals surface area contributed by atoms with Gasteiger partial charge in [-0.25, -0.2) is 14.8 Å². The molecule has 0 bridgehead atoms. The van der Waals surface area contributed by atoms with Gasteiger partial charge in [0.15, 0.2) is 0 Å². The van der Waals surface area contributed by atoms with Crippen molar-refractivity contribution in [2.24, 2.45) is 0 Å². The molecule has 8 heteroatoms. The minimum absolute atomic E-state index is 0.345. The third-order valence-corrected chi connectivity index (χ3v) is 3.16. The lowest BCUT2D eigenvalue weighted by Crippen LogP contribution is -2.08. The minimum Gasteiger partial charge on any atom is -0.465 e. The highest BCUT2D eigenvalue weighted by Gasteiger charge is 2.10. The molecule has 3 rings (SSSR count). The smallest absolute Gasteiger partial charge is 0.409 e. The number of anilines is 2. The van der Waals surface area contributed by atoms with Crippen LogP contribution in [-0.4, -0.2) is 25.6 Å². The molecule has 0 aliphatic heterocycles. The van der Waals surface area contributed by atoms with E-state index in [1.165, 1.54) is 6.20 Å². The van der Waals surface area contributed by atoms with Crippen LogP contribution in [-0.2, 0) is 0 Å². The van der Waals surface area contributed by atoms with Gasteiger partial charge in [0.25, 0.3) is 0 Å². The second kappa shape index (κ2) is 4.95. The number of carboxylic acid groups (broad SMARTS) is 1. The predicted molar refractivity (Wildman–Crippen MR) is 79.5 cm³/mol. The summed E-state index contributed by atoms with van der Waals surface area (Å²) in [5, 5.41) is 11.4. The average molecular weight is 304 g/mol. The lowest BCUT2D eigenvalue weighted by molar-refractivity contribution is 0.209. The van der Waals surface area contributed by atoms with Crippen molar-refractivity contribution in [3.05, 3.63) is 41.8 Å². The number of nitrogens with zero attached hydrogens (tertiary/aromatic N) is 3. The molecule has 2 aromatic heterocycles.